The molecule has 4 heteroatoms. The fourth-order valence-electron chi connectivity index (χ4n) is 0.210. The number of carbonyl (C=O) groups is 1. The minimum Gasteiger partial charge on any atom is -0.476 e. The average molecular weight is 134 g/mol. The van der Waals surface area contributed by atoms with Crippen molar-refractivity contribution in [3.05, 3.63) is 0 Å². The Morgan fingerprint density at radius 3 is 2.22 bits per heavy atom. The molecule has 2 nitrogen and oxygen atoms in total. The molecule has 0 aromatic carbocycles. The number of carboxylic acids is 1. The summed E-state index contributed by atoms with van der Waals surface area (Å²) in [5.41, 5.74) is 0. The van der Waals surface area contributed by atoms with E-state index < -0.39 is 11.9 Å². The van der Waals surface area contributed by atoms with Crippen molar-refractivity contribution in [2.75, 3.05) is 0 Å². The summed E-state index contributed by atoms with van der Waals surface area (Å²) in [6, 6.07) is 0. The number of carboxylic acid groups (broad SMARTS) is 1. The van der Waals surface area contributed by atoms with Crippen molar-refractivity contribution in [2.45, 2.75) is 12.8 Å². The fourth-order valence-corrected chi connectivity index (χ4v) is 0.210. The van der Waals surface area contributed by atoms with Gasteiger partial charge in [-0.3, -0.25) is 0 Å². The van der Waals surface area contributed by atoms with E-state index in [1.807, 2.05) is 5.92 Å². The number of aliphatic carboxylic acids is 1. The third-order valence-electron chi connectivity index (χ3n) is 0.551. The summed E-state index contributed by atoms with van der Waals surface area (Å²) in [6.07, 6.45) is 0. The second-order valence-electron chi connectivity index (χ2n) is 1.25. The molecule has 0 aliphatic rings. The van der Waals surface area contributed by atoms with Gasteiger partial charge in [0.05, 0.1) is 0 Å². The topological polar surface area (TPSA) is 37.3 Å². The Balaban J connectivity index is 4.32. The summed E-state index contributed by atoms with van der Waals surface area (Å²) in [7, 11) is 0. The van der Waals surface area contributed by atoms with Gasteiger partial charge in [0.25, 0.3) is 0 Å². The minimum absolute atomic E-state index is 1.15. The first kappa shape index (κ1) is 7.89. The van der Waals surface area contributed by atoms with Crippen molar-refractivity contribution < 1.29 is 18.7 Å². The van der Waals surface area contributed by atoms with Gasteiger partial charge in [0.1, 0.15) is 0 Å². The van der Waals surface area contributed by atoms with Crippen LogP contribution in [0.3, 0.4) is 0 Å². The molecule has 50 valence electrons. The Morgan fingerprint density at radius 1 is 1.67 bits per heavy atom. The molecular weight excluding hydrogens is 130 g/mol. The molecule has 0 amide bonds. The molecular formula is C5H4F2O2. The lowest BCUT2D eigenvalue weighted by atomic mass is 10.3. The lowest BCUT2D eigenvalue weighted by molar-refractivity contribution is -0.156. The fraction of sp³-hybridized carbons (Fsp3) is 0.400. The van der Waals surface area contributed by atoms with Crippen LogP contribution in [0.15, 0.2) is 0 Å². The van der Waals surface area contributed by atoms with Gasteiger partial charge >= 0.3 is 11.9 Å². The molecule has 0 aliphatic carbocycles. The van der Waals surface area contributed by atoms with E-state index in [1.165, 1.54) is 5.92 Å². The molecule has 0 heterocycles. The van der Waals surface area contributed by atoms with E-state index in [0.29, 0.717) is 0 Å². The van der Waals surface area contributed by atoms with E-state index in [1.54, 1.807) is 0 Å². The molecule has 0 aromatic heterocycles. The van der Waals surface area contributed by atoms with Crippen LogP contribution in [0.5, 0.6) is 0 Å². The average Bonchev–Trinajstić information content (AvgIpc) is 1.65. The number of hydrogen-bond acceptors (Lipinski definition) is 1. The van der Waals surface area contributed by atoms with Crippen molar-refractivity contribution >= 4 is 5.97 Å². The van der Waals surface area contributed by atoms with Crippen LogP contribution >= 0.6 is 0 Å². The summed E-state index contributed by atoms with van der Waals surface area (Å²) in [4.78, 5) is 9.56. The second kappa shape index (κ2) is 2.44. The molecule has 0 aliphatic heterocycles. The summed E-state index contributed by atoms with van der Waals surface area (Å²) in [5.74, 6) is -3.06. The zero-order chi connectivity index (χ0) is 7.49. The van der Waals surface area contributed by atoms with E-state index in [-0.39, 0.29) is 0 Å². The lowest BCUT2D eigenvalue weighted by Crippen LogP contribution is -2.25. The molecule has 0 spiro atoms. The predicted octanol–water partition coefficient (Wildman–Crippen LogP) is 0.730. The molecule has 0 aromatic rings. The van der Waals surface area contributed by atoms with Gasteiger partial charge in [0.2, 0.25) is 0 Å². The summed E-state index contributed by atoms with van der Waals surface area (Å²) in [6.45, 7) is 1.15. The standard InChI is InChI=1S/C5H4F2O2/c1-2-3-5(6,7)4(8)9/h1H3,(H,8,9). The Bertz CT molecular complexity index is 175. The van der Waals surface area contributed by atoms with Crippen LogP contribution in [0.2, 0.25) is 0 Å². The molecule has 9 heavy (non-hydrogen) atoms. The lowest BCUT2D eigenvalue weighted by Gasteiger charge is -1.98. The zero-order valence-corrected chi connectivity index (χ0v) is 4.61. The Kier molecular flexibility index (Phi) is 2.14. The van der Waals surface area contributed by atoms with Gasteiger partial charge in [-0.2, -0.15) is 8.78 Å². The van der Waals surface area contributed by atoms with E-state index in [2.05, 4.69) is 0 Å². The first-order valence-corrected chi connectivity index (χ1v) is 2.06. The van der Waals surface area contributed by atoms with E-state index in [9.17, 15) is 13.6 Å². The summed E-state index contributed by atoms with van der Waals surface area (Å²) in [5, 5.41) is 7.72. The van der Waals surface area contributed by atoms with Crippen LogP contribution in [-0.4, -0.2) is 17.0 Å². The quantitative estimate of drug-likeness (QED) is 0.537. The van der Waals surface area contributed by atoms with Gasteiger partial charge < -0.3 is 5.11 Å². The molecule has 0 saturated carbocycles. The van der Waals surface area contributed by atoms with E-state index in [4.69, 9.17) is 5.11 Å². The molecule has 1 N–H and O–H groups in total. The van der Waals surface area contributed by atoms with Crippen molar-refractivity contribution in [1.29, 1.82) is 0 Å². The molecule has 0 bridgehead atoms. The third-order valence-corrected chi connectivity index (χ3v) is 0.551. The summed E-state index contributed by atoms with van der Waals surface area (Å²) >= 11 is 0. The van der Waals surface area contributed by atoms with Gasteiger partial charge in [-0.05, 0) is 12.8 Å². The van der Waals surface area contributed by atoms with Crippen molar-refractivity contribution in [3.63, 3.8) is 0 Å². The van der Waals surface area contributed by atoms with Crippen molar-refractivity contribution in [1.82, 2.24) is 0 Å². The third kappa shape index (κ3) is 2.08. The Morgan fingerprint density at radius 2 is 2.11 bits per heavy atom. The maximum absolute atomic E-state index is 11.8. The zero-order valence-electron chi connectivity index (χ0n) is 4.61. The van der Waals surface area contributed by atoms with Gasteiger partial charge in [0, 0.05) is 0 Å². The van der Waals surface area contributed by atoms with Crippen LogP contribution in [0.4, 0.5) is 8.78 Å². The second-order valence-corrected chi connectivity index (χ2v) is 1.25. The molecule has 0 saturated heterocycles. The Hall–Kier alpha value is -1.11. The van der Waals surface area contributed by atoms with E-state index >= 15 is 0 Å². The van der Waals surface area contributed by atoms with Crippen LogP contribution < -0.4 is 0 Å². The highest BCUT2D eigenvalue weighted by molar-refractivity contribution is 5.79. The highest BCUT2D eigenvalue weighted by atomic mass is 19.3. The molecule has 0 radical (unpaired) electrons. The minimum atomic E-state index is -3.89. The van der Waals surface area contributed by atoms with Gasteiger partial charge in [-0.1, -0.05) is 5.92 Å². The van der Waals surface area contributed by atoms with Gasteiger partial charge in [0.15, 0.2) is 0 Å². The number of hydrogen-bond donors (Lipinski definition) is 1. The first-order valence-electron chi connectivity index (χ1n) is 2.06. The molecule has 0 rings (SSSR count). The van der Waals surface area contributed by atoms with Crippen LogP contribution in [0.25, 0.3) is 0 Å². The highest BCUT2D eigenvalue weighted by Gasteiger charge is 2.35. The van der Waals surface area contributed by atoms with E-state index in [0.717, 1.165) is 6.92 Å². The van der Waals surface area contributed by atoms with Gasteiger partial charge in [-0.15, -0.1) is 0 Å². The normalized spacial score (nSPS) is 9.67. The van der Waals surface area contributed by atoms with Crippen LogP contribution in [0.1, 0.15) is 6.92 Å². The van der Waals surface area contributed by atoms with Crippen molar-refractivity contribution in [2.24, 2.45) is 0 Å². The maximum Gasteiger partial charge on any atom is 0.402 e. The van der Waals surface area contributed by atoms with Gasteiger partial charge in [-0.25, -0.2) is 4.79 Å². The largest absolute Gasteiger partial charge is 0.476 e. The SMILES string of the molecule is CC#CC(F)(F)C(=O)O. The van der Waals surface area contributed by atoms with Crippen LogP contribution in [-0.2, 0) is 4.79 Å². The Labute approximate surface area is 50.5 Å². The number of alkyl halides is 2. The smallest absolute Gasteiger partial charge is 0.402 e. The number of rotatable bonds is 1. The summed E-state index contributed by atoms with van der Waals surface area (Å²) < 4.78 is 23.5. The highest BCUT2D eigenvalue weighted by Crippen LogP contribution is 2.10. The van der Waals surface area contributed by atoms with Crippen molar-refractivity contribution in [3.8, 4) is 11.8 Å². The maximum atomic E-state index is 11.8. The molecule has 0 unspecified atom stereocenters. The molecule has 0 atom stereocenters. The monoisotopic (exact) mass is 134 g/mol. The first-order chi connectivity index (χ1) is 4.00. The van der Waals surface area contributed by atoms with Crippen LogP contribution in [0, 0.1) is 11.8 Å². The number of halogens is 2. The molecule has 0 fully saturated rings. The predicted molar refractivity (Wildman–Crippen MR) is 26.0 cm³/mol.